The standard InChI is InChI=1S/C23H19FN2O5S/c1-13-10-15(14(2)26(13)17-6-4-16(24)5-7-17)11-20-21(27)25(23(29)32-20)12-18-8-9-19(31-18)22(28)30-3/h4-11H,12H2,1-3H3/b20-11+. The van der Waals surface area contributed by atoms with Gasteiger partial charge in [-0.25, -0.2) is 9.18 Å². The number of aryl methyl sites for hydroxylation is 1. The Morgan fingerprint density at radius 1 is 1.16 bits per heavy atom. The number of carbonyl (C=O) groups is 3. The van der Waals surface area contributed by atoms with E-state index in [9.17, 15) is 18.8 Å². The molecule has 2 amide bonds. The number of imide groups is 1. The second-order valence-electron chi connectivity index (χ2n) is 7.16. The Labute approximate surface area is 187 Å². The van der Waals surface area contributed by atoms with Crippen LogP contribution >= 0.6 is 11.8 Å². The first kappa shape index (κ1) is 21.6. The number of amides is 2. The number of nitrogens with zero attached hydrogens (tertiary/aromatic N) is 2. The third-order valence-corrected chi connectivity index (χ3v) is 5.98. The van der Waals surface area contributed by atoms with Gasteiger partial charge in [0.1, 0.15) is 11.6 Å². The van der Waals surface area contributed by atoms with Crippen molar-refractivity contribution in [1.82, 2.24) is 9.47 Å². The van der Waals surface area contributed by atoms with Gasteiger partial charge in [-0.2, -0.15) is 0 Å². The zero-order chi connectivity index (χ0) is 23.0. The Morgan fingerprint density at radius 2 is 1.88 bits per heavy atom. The second-order valence-corrected chi connectivity index (χ2v) is 8.16. The number of esters is 1. The van der Waals surface area contributed by atoms with E-state index in [1.165, 1.54) is 31.4 Å². The van der Waals surface area contributed by atoms with E-state index in [1.54, 1.807) is 18.2 Å². The minimum atomic E-state index is -0.637. The van der Waals surface area contributed by atoms with Crippen molar-refractivity contribution < 1.29 is 27.9 Å². The predicted molar refractivity (Wildman–Crippen MR) is 117 cm³/mol. The van der Waals surface area contributed by atoms with Crippen LogP contribution in [0.1, 0.15) is 33.3 Å². The highest BCUT2D eigenvalue weighted by molar-refractivity contribution is 8.18. The molecular formula is C23H19FN2O5S. The molecule has 1 aliphatic rings. The van der Waals surface area contributed by atoms with Crippen LogP contribution < -0.4 is 0 Å². The van der Waals surface area contributed by atoms with Gasteiger partial charge in [0.2, 0.25) is 5.76 Å². The molecule has 7 nitrogen and oxygen atoms in total. The Morgan fingerprint density at radius 3 is 2.56 bits per heavy atom. The molecule has 32 heavy (non-hydrogen) atoms. The number of aromatic nitrogens is 1. The molecule has 1 aromatic carbocycles. The van der Waals surface area contributed by atoms with E-state index in [2.05, 4.69) is 4.74 Å². The van der Waals surface area contributed by atoms with Gasteiger partial charge in [0.05, 0.1) is 18.6 Å². The molecule has 164 valence electrons. The van der Waals surface area contributed by atoms with Crippen LogP contribution in [0.25, 0.3) is 11.8 Å². The van der Waals surface area contributed by atoms with Crippen molar-refractivity contribution >= 4 is 35.0 Å². The summed E-state index contributed by atoms with van der Waals surface area (Å²) in [4.78, 5) is 38.2. The van der Waals surface area contributed by atoms with Gasteiger partial charge in [0.15, 0.2) is 0 Å². The molecule has 4 rings (SSSR count). The van der Waals surface area contributed by atoms with Crippen molar-refractivity contribution in [2.45, 2.75) is 20.4 Å². The van der Waals surface area contributed by atoms with Crippen molar-refractivity contribution in [3.05, 3.63) is 81.7 Å². The zero-order valence-electron chi connectivity index (χ0n) is 17.5. The van der Waals surface area contributed by atoms with E-state index >= 15 is 0 Å². The van der Waals surface area contributed by atoms with Crippen LogP contribution in [0.15, 0.2) is 51.8 Å². The molecule has 0 atom stereocenters. The molecule has 9 heteroatoms. The fourth-order valence-electron chi connectivity index (χ4n) is 3.53. The molecule has 1 fully saturated rings. The van der Waals surface area contributed by atoms with Crippen LogP contribution in [0.4, 0.5) is 9.18 Å². The average molecular weight is 454 g/mol. The van der Waals surface area contributed by atoms with Gasteiger partial charge in [0.25, 0.3) is 11.1 Å². The number of rotatable bonds is 5. The highest BCUT2D eigenvalue weighted by atomic mass is 32.2. The van der Waals surface area contributed by atoms with E-state index < -0.39 is 17.1 Å². The third kappa shape index (κ3) is 3.99. The first-order valence-corrected chi connectivity index (χ1v) is 10.5. The number of hydrogen-bond acceptors (Lipinski definition) is 6. The summed E-state index contributed by atoms with van der Waals surface area (Å²) in [7, 11) is 1.23. The van der Waals surface area contributed by atoms with Gasteiger partial charge in [-0.1, -0.05) is 0 Å². The first-order chi connectivity index (χ1) is 15.3. The summed E-state index contributed by atoms with van der Waals surface area (Å²) in [6.45, 7) is 3.71. The van der Waals surface area contributed by atoms with Crippen LogP contribution in [0.2, 0.25) is 0 Å². The van der Waals surface area contributed by atoms with Crippen LogP contribution in [0.5, 0.6) is 0 Å². The monoisotopic (exact) mass is 454 g/mol. The number of benzene rings is 1. The minimum absolute atomic E-state index is 0.00162. The number of methoxy groups -OCH3 is 1. The molecule has 0 saturated carbocycles. The van der Waals surface area contributed by atoms with Crippen LogP contribution in [-0.2, 0) is 16.1 Å². The topological polar surface area (TPSA) is 81.8 Å². The van der Waals surface area contributed by atoms with E-state index in [0.717, 1.165) is 39.3 Å². The highest BCUT2D eigenvalue weighted by Gasteiger charge is 2.36. The molecule has 0 N–H and O–H groups in total. The summed E-state index contributed by atoms with van der Waals surface area (Å²) in [6.07, 6.45) is 1.68. The molecular weight excluding hydrogens is 435 g/mol. The van der Waals surface area contributed by atoms with E-state index in [4.69, 9.17) is 4.42 Å². The fourth-order valence-corrected chi connectivity index (χ4v) is 4.36. The smallest absolute Gasteiger partial charge is 0.373 e. The van der Waals surface area contributed by atoms with Crippen molar-refractivity contribution in [2.24, 2.45) is 0 Å². The predicted octanol–water partition coefficient (Wildman–Crippen LogP) is 4.85. The van der Waals surface area contributed by atoms with Gasteiger partial charge in [-0.05, 0) is 79.7 Å². The van der Waals surface area contributed by atoms with Crippen molar-refractivity contribution in [1.29, 1.82) is 0 Å². The minimum Gasteiger partial charge on any atom is -0.463 e. The number of halogens is 1. The number of ether oxygens (including phenoxy) is 1. The molecule has 0 aliphatic carbocycles. The Hall–Kier alpha value is -3.59. The molecule has 3 heterocycles. The van der Waals surface area contributed by atoms with Gasteiger partial charge in [0, 0.05) is 17.1 Å². The summed E-state index contributed by atoms with van der Waals surface area (Å²) in [5, 5.41) is -0.426. The lowest BCUT2D eigenvalue weighted by Gasteiger charge is -2.10. The molecule has 0 unspecified atom stereocenters. The quantitative estimate of drug-likeness (QED) is 0.405. The normalized spacial score (nSPS) is 15.1. The molecule has 2 aromatic heterocycles. The zero-order valence-corrected chi connectivity index (χ0v) is 18.4. The van der Waals surface area contributed by atoms with E-state index in [-0.39, 0.29) is 23.0 Å². The van der Waals surface area contributed by atoms with Gasteiger partial charge in [-0.3, -0.25) is 14.5 Å². The molecule has 1 saturated heterocycles. The molecule has 1 aliphatic heterocycles. The number of carbonyl (C=O) groups excluding carboxylic acids is 3. The van der Waals surface area contributed by atoms with Gasteiger partial charge >= 0.3 is 5.97 Å². The molecule has 0 bridgehead atoms. The summed E-state index contributed by atoms with van der Waals surface area (Å²) in [5.41, 5.74) is 3.34. The molecule has 0 spiro atoms. The Kier molecular flexibility index (Phi) is 5.75. The highest BCUT2D eigenvalue weighted by Crippen LogP contribution is 2.35. The van der Waals surface area contributed by atoms with E-state index in [1.807, 2.05) is 24.5 Å². The largest absolute Gasteiger partial charge is 0.463 e. The van der Waals surface area contributed by atoms with Crippen molar-refractivity contribution in [3.8, 4) is 5.69 Å². The van der Waals surface area contributed by atoms with Gasteiger partial charge < -0.3 is 13.7 Å². The lowest BCUT2D eigenvalue weighted by Crippen LogP contribution is -2.27. The maximum atomic E-state index is 13.3. The van der Waals surface area contributed by atoms with Crippen molar-refractivity contribution in [2.75, 3.05) is 7.11 Å². The lowest BCUT2D eigenvalue weighted by atomic mass is 10.2. The van der Waals surface area contributed by atoms with Crippen molar-refractivity contribution in [3.63, 3.8) is 0 Å². The SMILES string of the molecule is COC(=O)c1ccc(CN2C(=O)S/C(=C/c3cc(C)n(-c4ccc(F)cc4)c3C)C2=O)o1. The van der Waals surface area contributed by atoms with Crippen LogP contribution in [-0.4, -0.2) is 33.7 Å². The molecule has 3 aromatic rings. The van der Waals surface area contributed by atoms with E-state index in [0.29, 0.717) is 5.76 Å². The van der Waals surface area contributed by atoms with Crippen LogP contribution in [0, 0.1) is 19.7 Å². The summed E-state index contributed by atoms with van der Waals surface area (Å²) < 4.78 is 25.2. The maximum absolute atomic E-state index is 13.3. The summed E-state index contributed by atoms with van der Waals surface area (Å²) in [5.74, 6) is -1.11. The second kappa shape index (κ2) is 8.51. The fraction of sp³-hybridized carbons (Fsp3) is 0.174. The number of hydrogen-bond donors (Lipinski definition) is 0. The van der Waals surface area contributed by atoms with Crippen LogP contribution in [0.3, 0.4) is 0 Å². The Bertz CT molecular complexity index is 1260. The van der Waals surface area contributed by atoms with Gasteiger partial charge in [-0.15, -0.1) is 0 Å². The lowest BCUT2D eigenvalue weighted by molar-refractivity contribution is -0.123. The third-order valence-electron chi connectivity index (χ3n) is 5.08. The number of furan rings is 1. The first-order valence-electron chi connectivity index (χ1n) is 9.65. The molecule has 0 radical (unpaired) electrons. The Balaban J connectivity index is 1.58. The average Bonchev–Trinajstić information content (AvgIpc) is 3.42. The number of thioether (sulfide) groups is 1. The summed E-state index contributed by atoms with van der Waals surface area (Å²) >= 11 is 0.841. The summed E-state index contributed by atoms with van der Waals surface area (Å²) in [6, 6.07) is 11.0. The maximum Gasteiger partial charge on any atom is 0.373 e.